The van der Waals surface area contributed by atoms with Gasteiger partial charge in [0.2, 0.25) is 0 Å². The molecule has 1 aromatic rings. The molecule has 2 N–H and O–H groups in total. The van der Waals surface area contributed by atoms with Gasteiger partial charge in [-0.15, -0.1) is 0 Å². The van der Waals surface area contributed by atoms with Gasteiger partial charge < -0.3 is 10.6 Å². The predicted octanol–water partition coefficient (Wildman–Crippen LogP) is 2.78. The first-order valence-corrected chi connectivity index (χ1v) is 6.22. The SMILES string of the molecule is Cc1ccc(NCC2CCCN2)c(C)c1C. The highest BCUT2D eigenvalue weighted by molar-refractivity contribution is 5.56. The monoisotopic (exact) mass is 218 g/mol. The second-order valence-electron chi connectivity index (χ2n) is 4.85. The number of aryl methyl sites for hydroxylation is 1. The van der Waals surface area contributed by atoms with Crippen LogP contribution in [0.4, 0.5) is 5.69 Å². The summed E-state index contributed by atoms with van der Waals surface area (Å²) in [6.45, 7) is 8.79. The maximum atomic E-state index is 3.56. The van der Waals surface area contributed by atoms with E-state index in [1.165, 1.54) is 41.8 Å². The van der Waals surface area contributed by atoms with Gasteiger partial charge in [-0.3, -0.25) is 0 Å². The molecule has 1 atom stereocenters. The van der Waals surface area contributed by atoms with Crippen LogP contribution in [0.15, 0.2) is 12.1 Å². The molecule has 88 valence electrons. The normalized spacial score (nSPS) is 20.1. The minimum absolute atomic E-state index is 0.654. The molecule has 2 heteroatoms. The molecule has 2 rings (SSSR count). The molecule has 2 nitrogen and oxygen atoms in total. The van der Waals surface area contributed by atoms with Gasteiger partial charge in [-0.25, -0.2) is 0 Å². The van der Waals surface area contributed by atoms with Crippen molar-refractivity contribution in [3.8, 4) is 0 Å². The summed E-state index contributed by atoms with van der Waals surface area (Å²) in [4.78, 5) is 0. The van der Waals surface area contributed by atoms with E-state index >= 15 is 0 Å². The summed E-state index contributed by atoms with van der Waals surface area (Å²) in [5.41, 5.74) is 5.46. The maximum Gasteiger partial charge on any atom is 0.0373 e. The van der Waals surface area contributed by atoms with E-state index in [0.717, 1.165) is 6.54 Å². The van der Waals surface area contributed by atoms with Gasteiger partial charge in [-0.05, 0) is 62.9 Å². The fourth-order valence-electron chi connectivity index (χ4n) is 2.31. The second-order valence-corrected chi connectivity index (χ2v) is 4.85. The van der Waals surface area contributed by atoms with Crippen molar-refractivity contribution in [1.29, 1.82) is 0 Å². The fourth-order valence-corrected chi connectivity index (χ4v) is 2.31. The second kappa shape index (κ2) is 4.88. The zero-order valence-electron chi connectivity index (χ0n) is 10.6. The van der Waals surface area contributed by atoms with E-state index < -0.39 is 0 Å². The smallest absolute Gasteiger partial charge is 0.0373 e. The molecule has 0 bridgehead atoms. The lowest BCUT2D eigenvalue weighted by atomic mass is 10.0. The minimum Gasteiger partial charge on any atom is -0.383 e. The van der Waals surface area contributed by atoms with Gasteiger partial charge in [0.1, 0.15) is 0 Å². The van der Waals surface area contributed by atoms with Crippen molar-refractivity contribution in [2.24, 2.45) is 0 Å². The van der Waals surface area contributed by atoms with Gasteiger partial charge in [0.05, 0.1) is 0 Å². The van der Waals surface area contributed by atoms with Gasteiger partial charge in [0, 0.05) is 18.3 Å². The number of benzene rings is 1. The summed E-state index contributed by atoms with van der Waals surface area (Å²) in [6.07, 6.45) is 2.62. The van der Waals surface area contributed by atoms with Gasteiger partial charge >= 0.3 is 0 Å². The maximum absolute atomic E-state index is 3.56. The Morgan fingerprint density at radius 3 is 2.75 bits per heavy atom. The molecule has 1 saturated heterocycles. The molecular formula is C14H22N2. The predicted molar refractivity (Wildman–Crippen MR) is 70.2 cm³/mol. The third-order valence-corrected chi connectivity index (χ3v) is 3.76. The lowest BCUT2D eigenvalue weighted by Gasteiger charge is -2.16. The third-order valence-electron chi connectivity index (χ3n) is 3.76. The average molecular weight is 218 g/mol. The first-order valence-electron chi connectivity index (χ1n) is 6.22. The number of rotatable bonds is 3. The first-order chi connectivity index (χ1) is 7.68. The molecule has 1 fully saturated rings. The van der Waals surface area contributed by atoms with Crippen molar-refractivity contribution < 1.29 is 0 Å². The molecule has 1 aliphatic rings. The van der Waals surface area contributed by atoms with E-state index in [9.17, 15) is 0 Å². The highest BCUT2D eigenvalue weighted by Crippen LogP contribution is 2.21. The van der Waals surface area contributed by atoms with Crippen molar-refractivity contribution in [3.05, 3.63) is 28.8 Å². The van der Waals surface area contributed by atoms with Crippen molar-refractivity contribution in [2.45, 2.75) is 39.7 Å². The molecule has 1 heterocycles. The Labute approximate surface area is 98.4 Å². The summed E-state index contributed by atoms with van der Waals surface area (Å²) < 4.78 is 0. The average Bonchev–Trinajstić information content (AvgIpc) is 2.78. The molecule has 1 unspecified atom stereocenters. The number of hydrogen-bond acceptors (Lipinski definition) is 2. The van der Waals surface area contributed by atoms with E-state index in [2.05, 4.69) is 43.5 Å². The minimum atomic E-state index is 0.654. The van der Waals surface area contributed by atoms with Crippen LogP contribution in [0, 0.1) is 20.8 Å². The molecule has 1 aromatic carbocycles. The third kappa shape index (κ3) is 2.38. The molecule has 0 amide bonds. The Kier molecular flexibility index (Phi) is 3.49. The Hall–Kier alpha value is -1.02. The van der Waals surface area contributed by atoms with Gasteiger partial charge in [-0.2, -0.15) is 0 Å². The van der Waals surface area contributed by atoms with E-state index in [1.807, 2.05) is 0 Å². The van der Waals surface area contributed by atoms with Crippen LogP contribution >= 0.6 is 0 Å². The lowest BCUT2D eigenvalue weighted by Crippen LogP contribution is -2.29. The molecule has 0 spiro atoms. The summed E-state index contributed by atoms with van der Waals surface area (Å²) in [7, 11) is 0. The quantitative estimate of drug-likeness (QED) is 0.815. The van der Waals surface area contributed by atoms with Crippen LogP contribution < -0.4 is 10.6 Å². The van der Waals surface area contributed by atoms with Crippen molar-refractivity contribution >= 4 is 5.69 Å². The Balaban J connectivity index is 2.01. The van der Waals surface area contributed by atoms with E-state index in [1.54, 1.807) is 0 Å². The van der Waals surface area contributed by atoms with Gasteiger partial charge in [0.25, 0.3) is 0 Å². The number of anilines is 1. The summed E-state index contributed by atoms with van der Waals surface area (Å²) >= 11 is 0. The van der Waals surface area contributed by atoms with Crippen LogP contribution in [0.3, 0.4) is 0 Å². The molecule has 0 aromatic heterocycles. The summed E-state index contributed by atoms with van der Waals surface area (Å²) in [6, 6.07) is 5.06. The van der Waals surface area contributed by atoms with Crippen LogP contribution in [0.1, 0.15) is 29.5 Å². The topological polar surface area (TPSA) is 24.1 Å². The Bertz CT molecular complexity index is 365. The Morgan fingerprint density at radius 2 is 2.06 bits per heavy atom. The summed E-state index contributed by atoms with van der Waals surface area (Å²) in [5.74, 6) is 0. The van der Waals surface area contributed by atoms with Crippen LogP contribution in [0.2, 0.25) is 0 Å². The first kappa shape index (κ1) is 11.5. The molecular weight excluding hydrogens is 196 g/mol. The largest absolute Gasteiger partial charge is 0.383 e. The van der Waals surface area contributed by atoms with E-state index in [4.69, 9.17) is 0 Å². The Morgan fingerprint density at radius 1 is 1.25 bits per heavy atom. The zero-order chi connectivity index (χ0) is 11.5. The van der Waals surface area contributed by atoms with Gasteiger partial charge in [0.15, 0.2) is 0 Å². The highest BCUT2D eigenvalue weighted by Gasteiger charge is 2.13. The van der Waals surface area contributed by atoms with Crippen LogP contribution in [0.25, 0.3) is 0 Å². The molecule has 0 saturated carbocycles. The zero-order valence-corrected chi connectivity index (χ0v) is 10.6. The van der Waals surface area contributed by atoms with Crippen molar-refractivity contribution in [3.63, 3.8) is 0 Å². The van der Waals surface area contributed by atoms with Crippen molar-refractivity contribution in [2.75, 3.05) is 18.4 Å². The van der Waals surface area contributed by atoms with Gasteiger partial charge in [-0.1, -0.05) is 6.07 Å². The van der Waals surface area contributed by atoms with Crippen LogP contribution in [0.5, 0.6) is 0 Å². The molecule has 1 aliphatic heterocycles. The highest BCUT2D eigenvalue weighted by atomic mass is 15.0. The standard InChI is InChI=1S/C14H22N2/c1-10-6-7-14(12(3)11(10)2)16-9-13-5-4-8-15-13/h6-7,13,15-16H,4-5,8-9H2,1-3H3. The van der Waals surface area contributed by atoms with Crippen LogP contribution in [-0.2, 0) is 0 Å². The fraction of sp³-hybridized carbons (Fsp3) is 0.571. The van der Waals surface area contributed by atoms with E-state index in [0.29, 0.717) is 6.04 Å². The molecule has 16 heavy (non-hydrogen) atoms. The lowest BCUT2D eigenvalue weighted by molar-refractivity contribution is 0.633. The van der Waals surface area contributed by atoms with Crippen LogP contribution in [-0.4, -0.2) is 19.1 Å². The molecule has 0 aliphatic carbocycles. The number of nitrogens with one attached hydrogen (secondary N) is 2. The molecule has 0 radical (unpaired) electrons. The van der Waals surface area contributed by atoms with Crippen molar-refractivity contribution in [1.82, 2.24) is 5.32 Å². The van der Waals surface area contributed by atoms with E-state index in [-0.39, 0.29) is 0 Å². The number of hydrogen-bond donors (Lipinski definition) is 2. The summed E-state index contributed by atoms with van der Waals surface area (Å²) in [5, 5.41) is 7.07.